The first-order valence-corrected chi connectivity index (χ1v) is 12.1. The van der Waals surface area contributed by atoms with E-state index in [1.807, 2.05) is 24.3 Å². The highest BCUT2D eigenvalue weighted by Crippen LogP contribution is 2.42. The average molecular weight is 486 g/mol. The van der Waals surface area contributed by atoms with Crippen molar-refractivity contribution in [1.29, 1.82) is 0 Å². The van der Waals surface area contributed by atoms with E-state index in [1.54, 1.807) is 36.0 Å². The van der Waals surface area contributed by atoms with E-state index in [9.17, 15) is 8.42 Å². The smallest absolute Gasteiger partial charge is 0.339 e. The fourth-order valence-corrected chi connectivity index (χ4v) is 6.83. The van der Waals surface area contributed by atoms with Crippen LogP contribution >= 0.6 is 34.8 Å². The molecule has 158 valence electrons. The molecule has 1 fully saturated rings. The lowest BCUT2D eigenvalue weighted by atomic mass is 9.98. The van der Waals surface area contributed by atoms with E-state index in [2.05, 4.69) is 4.98 Å². The molecule has 0 aliphatic carbocycles. The maximum absolute atomic E-state index is 13.8. The molecule has 4 rings (SSSR count). The first kappa shape index (κ1) is 21.7. The average Bonchev–Trinajstić information content (AvgIpc) is 3.32. The largest absolute Gasteiger partial charge is 0.346 e. The Morgan fingerprint density at radius 1 is 1.13 bits per heavy atom. The fraction of sp³-hybridized carbons (Fsp3) is 0.286. The van der Waals surface area contributed by atoms with Crippen LogP contribution < -0.4 is 0 Å². The van der Waals surface area contributed by atoms with E-state index in [-0.39, 0.29) is 21.4 Å². The van der Waals surface area contributed by atoms with Crippen LogP contribution in [-0.4, -0.2) is 34.9 Å². The molecule has 9 heteroatoms. The normalized spacial score (nSPS) is 21.8. The monoisotopic (exact) mass is 484 g/mol. The van der Waals surface area contributed by atoms with Crippen molar-refractivity contribution in [2.75, 3.05) is 13.1 Å². The Bertz CT molecular complexity index is 1200. The van der Waals surface area contributed by atoms with Gasteiger partial charge < -0.3 is 4.57 Å². The predicted octanol–water partition coefficient (Wildman–Crippen LogP) is 5.27. The molecule has 0 N–H and O–H groups in total. The molecule has 5 nitrogen and oxygen atoms in total. The molecule has 2 atom stereocenters. The molecule has 30 heavy (non-hydrogen) atoms. The van der Waals surface area contributed by atoms with Crippen molar-refractivity contribution >= 4 is 44.8 Å². The van der Waals surface area contributed by atoms with Crippen LogP contribution in [-0.2, 0) is 23.6 Å². The molecule has 1 aliphatic heterocycles. The molecule has 2 heterocycles. The lowest BCUT2D eigenvalue weighted by molar-refractivity contribution is -0.807. The standard InChI is InChI=1S/C21H21Cl3N3O2S/c1-26-11-21(25-14-26)30(28,29)27(13-16-6-7-17(22)10-20(16)24)9-8-15(12-27)18-4-2-3-5-19(18)23/h2-7,10-11,14-15H,8-9,12-13H2,1H3/q+1/t15-,27-/m0/s1. The highest BCUT2D eigenvalue weighted by molar-refractivity contribution is 7.85. The summed E-state index contributed by atoms with van der Waals surface area (Å²) in [4.78, 5) is 4.15. The van der Waals surface area contributed by atoms with E-state index in [4.69, 9.17) is 34.8 Å². The summed E-state index contributed by atoms with van der Waals surface area (Å²) in [6.07, 6.45) is 3.74. The zero-order chi connectivity index (χ0) is 21.5. The minimum Gasteiger partial charge on any atom is -0.339 e. The molecule has 0 saturated carbocycles. The van der Waals surface area contributed by atoms with Gasteiger partial charge in [0.2, 0.25) is 5.03 Å². The van der Waals surface area contributed by atoms with Crippen LogP contribution in [0, 0.1) is 0 Å². The van der Waals surface area contributed by atoms with Gasteiger partial charge in [0, 0.05) is 41.2 Å². The topological polar surface area (TPSA) is 52.0 Å². The molecule has 0 radical (unpaired) electrons. The second kappa shape index (κ2) is 8.17. The number of hydrogen-bond donors (Lipinski definition) is 0. The summed E-state index contributed by atoms with van der Waals surface area (Å²) >= 11 is 18.9. The van der Waals surface area contributed by atoms with Crippen molar-refractivity contribution in [3.63, 3.8) is 0 Å². The van der Waals surface area contributed by atoms with Gasteiger partial charge in [0.1, 0.15) is 13.1 Å². The summed E-state index contributed by atoms with van der Waals surface area (Å²) in [6.45, 7) is 1.06. The van der Waals surface area contributed by atoms with Crippen molar-refractivity contribution in [3.05, 3.63) is 81.2 Å². The van der Waals surface area contributed by atoms with Crippen LogP contribution in [0.1, 0.15) is 23.5 Å². The maximum atomic E-state index is 13.8. The first-order chi connectivity index (χ1) is 14.2. The summed E-state index contributed by atoms with van der Waals surface area (Å²) < 4.78 is 29.1. The first-order valence-electron chi connectivity index (χ1n) is 9.49. The summed E-state index contributed by atoms with van der Waals surface area (Å²) in [5, 5.41) is 1.69. The van der Waals surface area contributed by atoms with E-state index in [0.29, 0.717) is 34.6 Å². The summed E-state index contributed by atoms with van der Waals surface area (Å²) in [7, 11) is -2.03. The number of likely N-dealkylation sites (tertiary alicyclic amines) is 1. The lowest BCUT2D eigenvalue weighted by Crippen LogP contribution is -2.50. The molecular weight excluding hydrogens is 465 g/mol. The zero-order valence-electron chi connectivity index (χ0n) is 16.3. The van der Waals surface area contributed by atoms with Crippen LogP contribution in [0.15, 0.2) is 60.0 Å². The fourth-order valence-electron chi connectivity index (χ4n) is 4.16. The van der Waals surface area contributed by atoms with Gasteiger partial charge in [0.05, 0.1) is 17.9 Å². The van der Waals surface area contributed by atoms with Gasteiger partial charge in [-0.05, 0) is 23.8 Å². The van der Waals surface area contributed by atoms with Gasteiger partial charge in [0.15, 0.2) is 0 Å². The van der Waals surface area contributed by atoms with Crippen LogP contribution in [0.4, 0.5) is 0 Å². The SMILES string of the molecule is Cn1cnc(S(=O)(=O)[N@@+]2(Cc3ccc(Cl)cc3Cl)CC[C@H](c3ccccc3Cl)C2)c1. The molecule has 0 unspecified atom stereocenters. The highest BCUT2D eigenvalue weighted by Gasteiger charge is 2.51. The minimum absolute atomic E-state index is 0.0169. The lowest BCUT2D eigenvalue weighted by Gasteiger charge is -2.32. The Labute approximate surface area is 191 Å². The molecule has 1 aliphatic rings. The number of nitrogens with zero attached hydrogens (tertiary/aromatic N) is 3. The molecule has 0 spiro atoms. The van der Waals surface area contributed by atoms with Gasteiger partial charge in [-0.1, -0.05) is 59.1 Å². The second-order valence-electron chi connectivity index (χ2n) is 7.72. The number of rotatable bonds is 5. The number of benzene rings is 2. The van der Waals surface area contributed by atoms with Crippen LogP contribution in [0.3, 0.4) is 0 Å². The van der Waals surface area contributed by atoms with Gasteiger partial charge in [-0.25, -0.2) is 8.87 Å². The molecular formula is C21H21Cl3N3O2S+. The molecule has 1 aromatic heterocycles. The summed E-state index contributed by atoms with van der Waals surface area (Å²) in [6, 6.07) is 12.8. The third-order valence-electron chi connectivity index (χ3n) is 5.71. The van der Waals surface area contributed by atoms with Crippen molar-refractivity contribution in [1.82, 2.24) is 9.55 Å². The van der Waals surface area contributed by atoms with Gasteiger partial charge in [-0.15, -0.1) is 0 Å². The number of quaternary nitrogens is 1. The van der Waals surface area contributed by atoms with Gasteiger partial charge in [-0.2, -0.15) is 8.42 Å². The predicted molar refractivity (Wildman–Crippen MR) is 119 cm³/mol. The number of imidazole rings is 1. The van der Waals surface area contributed by atoms with E-state index < -0.39 is 10.0 Å². The molecule has 0 bridgehead atoms. The maximum Gasteiger partial charge on any atom is 0.346 e. The molecule has 2 aromatic carbocycles. The summed E-state index contributed by atoms with van der Waals surface area (Å²) in [5.74, 6) is 0.0169. The molecule has 1 saturated heterocycles. The third-order valence-corrected chi connectivity index (χ3v) is 8.86. The number of aromatic nitrogens is 2. The Balaban J connectivity index is 1.79. The van der Waals surface area contributed by atoms with Crippen molar-refractivity contribution in [3.8, 4) is 0 Å². The Morgan fingerprint density at radius 2 is 1.90 bits per heavy atom. The number of hydrogen-bond acceptors (Lipinski definition) is 3. The van der Waals surface area contributed by atoms with Crippen molar-refractivity contribution in [2.45, 2.75) is 23.9 Å². The van der Waals surface area contributed by atoms with Gasteiger partial charge in [-0.3, -0.25) is 0 Å². The minimum atomic E-state index is -3.79. The van der Waals surface area contributed by atoms with Gasteiger partial charge in [0.25, 0.3) is 0 Å². The van der Waals surface area contributed by atoms with Crippen LogP contribution in [0.5, 0.6) is 0 Å². The Hall–Kier alpha value is -1.57. The zero-order valence-corrected chi connectivity index (χ0v) is 19.4. The number of halogens is 3. The highest BCUT2D eigenvalue weighted by atomic mass is 35.5. The van der Waals surface area contributed by atoms with Crippen molar-refractivity contribution < 1.29 is 12.3 Å². The van der Waals surface area contributed by atoms with Crippen LogP contribution in [0.25, 0.3) is 0 Å². The quantitative estimate of drug-likeness (QED) is 0.462. The Morgan fingerprint density at radius 3 is 2.57 bits per heavy atom. The summed E-state index contributed by atoms with van der Waals surface area (Å²) in [5.41, 5.74) is 1.71. The number of aryl methyl sites for hydroxylation is 1. The molecule has 3 aromatic rings. The molecule has 0 amide bonds. The Kier molecular flexibility index (Phi) is 5.90. The van der Waals surface area contributed by atoms with E-state index in [0.717, 1.165) is 11.1 Å². The van der Waals surface area contributed by atoms with E-state index in [1.165, 1.54) is 6.33 Å². The van der Waals surface area contributed by atoms with Crippen LogP contribution in [0.2, 0.25) is 15.1 Å². The second-order valence-corrected chi connectivity index (χ2v) is 11.1. The van der Waals surface area contributed by atoms with E-state index >= 15 is 0 Å². The number of sulfonamides is 1. The van der Waals surface area contributed by atoms with Crippen molar-refractivity contribution in [2.24, 2.45) is 7.05 Å². The third kappa shape index (κ3) is 3.87. The van der Waals surface area contributed by atoms with Gasteiger partial charge >= 0.3 is 10.0 Å².